The Balaban J connectivity index is 1.30. The molecular weight excluding hydrogens is 632 g/mol. The molecule has 40 heavy (non-hydrogen) atoms. The van der Waals surface area contributed by atoms with Crippen molar-refractivity contribution >= 4 is 43.8 Å². The molecule has 0 aliphatic rings. The van der Waals surface area contributed by atoms with Gasteiger partial charge in [0.2, 0.25) is 11.9 Å². The molecule has 4 rings (SSSR count). The highest BCUT2D eigenvalue weighted by Crippen LogP contribution is 2.29. The minimum Gasteiger partial charge on any atom is -0.369 e. The highest BCUT2D eigenvalue weighted by atomic mass is 79.9. The van der Waals surface area contributed by atoms with E-state index in [1.54, 1.807) is 0 Å². The quantitative estimate of drug-likeness (QED) is 0.101. The van der Waals surface area contributed by atoms with Gasteiger partial charge in [-0.25, -0.2) is 0 Å². The van der Waals surface area contributed by atoms with E-state index in [-0.39, 0.29) is 23.8 Å². The molecule has 2 aromatic carbocycles. The Hall–Kier alpha value is -3.76. The summed E-state index contributed by atoms with van der Waals surface area (Å²) >= 11 is 7.01. The number of hydrogen-bond donors (Lipinski definition) is 4. The van der Waals surface area contributed by atoms with Crippen LogP contribution in [0.25, 0.3) is 0 Å². The fraction of sp³-hybridized carbons (Fsp3) is 0.200. The molecule has 0 bridgehead atoms. The highest BCUT2D eigenvalue weighted by molar-refractivity contribution is 9.10. The molecule has 0 saturated carbocycles. The van der Waals surface area contributed by atoms with Crippen LogP contribution in [0, 0.1) is 0 Å². The maximum Gasteiger partial charge on any atom is 0.207 e. The van der Waals surface area contributed by atoms with Crippen molar-refractivity contribution in [3.05, 3.63) is 129 Å². The first-order valence-corrected chi connectivity index (χ1v) is 14.5. The summed E-state index contributed by atoms with van der Waals surface area (Å²) in [6.07, 6.45) is 5.11. The van der Waals surface area contributed by atoms with Crippen molar-refractivity contribution in [2.45, 2.75) is 24.7 Å². The average molecular weight is 664 g/mol. The van der Waals surface area contributed by atoms with Crippen LogP contribution in [0.2, 0.25) is 0 Å². The van der Waals surface area contributed by atoms with Crippen LogP contribution >= 0.6 is 31.9 Å². The van der Waals surface area contributed by atoms with Gasteiger partial charge in [-0.3, -0.25) is 30.8 Å². The van der Waals surface area contributed by atoms with Crippen molar-refractivity contribution in [2.24, 2.45) is 21.5 Å². The largest absolute Gasteiger partial charge is 0.369 e. The van der Waals surface area contributed by atoms with Gasteiger partial charge in [0.15, 0.2) is 0 Å². The summed E-state index contributed by atoms with van der Waals surface area (Å²) < 4.78 is 2.07. The monoisotopic (exact) mass is 662 g/mol. The first-order chi connectivity index (χ1) is 19.5. The molecule has 2 aromatic heterocycles. The molecule has 0 aliphatic carbocycles. The van der Waals surface area contributed by atoms with Crippen LogP contribution in [-0.2, 0) is 0 Å². The van der Waals surface area contributed by atoms with Gasteiger partial charge in [0, 0.05) is 57.7 Å². The smallest absolute Gasteiger partial charge is 0.207 e. The minimum atomic E-state index is 0.100. The molecule has 0 radical (unpaired) electrons. The summed E-state index contributed by atoms with van der Waals surface area (Å²) in [5, 5.41) is 0. The molecule has 2 unspecified atom stereocenters. The van der Waals surface area contributed by atoms with Crippen molar-refractivity contribution in [1.29, 1.82) is 0 Å². The van der Waals surface area contributed by atoms with Crippen LogP contribution in [0.3, 0.4) is 0 Å². The van der Waals surface area contributed by atoms with Crippen molar-refractivity contribution in [3.8, 4) is 0 Å². The zero-order valence-corrected chi connectivity index (χ0v) is 25.1. The summed E-state index contributed by atoms with van der Waals surface area (Å²) in [6, 6.07) is 28.4. The van der Waals surface area contributed by atoms with E-state index in [4.69, 9.17) is 11.5 Å². The van der Waals surface area contributed by atoms with Crippen molar-refractivity contribution in [2.75, 3.05) is 13.1 Å². The van der Waals surface area contributed by atoms with Gasteiger partial charge in [0.25, 0.3) is 0 Å². The van der Waals surface area contributed by atoms with Gasteiger partial charge in [-0.05, 0) is 72.5 Å². The third kappa shape index (κ3) is 8.89. The predicted octanol–water partition coefficient (Wildman–Crippen LogP) is 5.47. The van der Waals surface area contributed by atoms with Crippen molar-refractivity contribution in [1.82, 2.24) is 20.8 Å². The van der Waals surface area contributed by atoms with E-state index >= 15 is 0 Å². The Morgan fingerprint density at radius 2 is 1.02 bits per heavy atom. The molecule has 10 heteroatoms. The minimum absolute atomic E-state index is 0.100. The fourth-order valence-electron chi connectivity index (χ4n) is 4.36. The lowest BCUT2D eigenvalue weighted by atomic mass is 9.92. The standard InChI is InChI=1S/C30H32Br2N8/c31-23-11-7-21(8-12-23)25(27-5-1-3-17-35-27)15-19-37-29(33)39-40-30(34)38-20-16-26(28-6-2-4-18-36-28)22-9-13-24(32)14-10-22/h1-14,17-18,25-26H,15-16,19-20H2,(H3,33,37,39)(H3,34,38,40). The molecule has 0 amide bonds. The third-order valence-electron chi connectivity index (χ3n) is 6.35. The number of aliphatic imine (C=N–C) groups is 2. The van der Waals surface area contributed by atoms with E-state index in [1.165, 1.54) is 11.1 Å². The SMILES string of the molecule is NC(=NCCC(c1ccc(Br)cc1)c1ccccn1)NNC(N)=NCCC(c1ccc(Br)cc1)c1ccccn1. The normalized spacial score (nSPS) is 13.4. The molecule has 0 fully saturated rings. The predicted molar refractivity (Wildman–Crippen MR) is 169 cm³/mol. The molecule has 206 valence electrons. The van der Waals surface area contributed by atoms with Gasteiger partial charge in [-0.15, -0.1) is 0 Å². The second-order valence-corrected chi connectivity index (χ2v) is 10.9. The van der Waals surface area contributed by atoms with E-state index < -0.39 is 0 Å². The Morgan fingerprint density at radius 3 is 1.38 bits per heavy atom. The number of guanidine groups is 2. The van der Waals surface area contributed by atoms with Crippen LogP contribution in [-0.4, -0.2) is 35.0 Å². The zero-order chi connectivity index (χ0) is 28.2. The van der Waals surface area contributed by atoms with Crippen LogP contribution in [0.15, 0.2) is 116 Å². The number of nitrogens with two attached hydrogens (primary N) is 2. The number of halogens is 2. The molecule has 2 atom stereocenters. The second-order valence-electron chi connectivity index (χ2n) is 9.08. The third-order valence-corrected chi connectivity index (χ3v) is 7.41. The van der Waals surface area contributed by atoms with Crippen LogP contribution in [0.4, 0.5) is 0 Å². The molecule has 4 aromatic rings. The fourth-order valence-corrected chi connectivity index (χ4v) is 4.89. The van der Waals surface area contributed by atoms with E-state index in [2.05, 4.69) is 86.9 Å². The Labute approximate surface area is 251 Å². The topological polar surface area (TPSA) is 127 Å². The molecule has 0 aliphatic heterocycles. The number of rotatable bonds is 10. The number of hydrogen-bond acceptors (Lipinski definition) is 4. The number of nitrogens with one attached hydrogen (secondary N) is 2. The lowest BCUT2D eigenvalue weighted by molar-refractivity contribution is 0.696. The summed E-state index contributed by atoms with van der Waals surface area (Å²) in [5.41, 5.74) is 22.2. The first kappa shape index (κ1) is 29.2. The van der Waals surface area contributed by atoms with Gasteiger partial charge in [0.1, 0.15) is 0 Å². The van der Waals surface area contributed by atoms with E-state index in [0.29, 0.717) is 13.1 Å². The first-order valence-electron chi connectivity index (χ1n) is 12.9. The van der Waals surface area contributed by atoms with Gasteiger partial charge < -0.3 is 11.5 Å². The van der Waals surface area contributed by atoms with Crippen molar-refractivity contribution in [3.63, 3.8) is 0 Å². The van der Waals surface area contributed by atoms with Crippen LogP contribution < -0.4 is 22.3 Å². The maximum absolute atomic E-state index is 6.08. The number of nitrogens with zero attached hydrogens (tertiary/aromatic N) is 4. The van der Waals surface area contributed by atoms with E-state index in [1.807, 2.05) is 73.1 Å². The molecule has 8 nitrogen and oxygen atoms in total. The van der Waals surface area contributed by atoms with Crippen LogP contribution in [0.5, 0.6) is 0 Å². The highest BCUT2D eigenvalue weighted by Gasteiger charge is 2.16. The Bertz CT molecular complexity index is 1270. The Morgan fingerprint density at radius 1 is 0.625 bits per heavy atom. The summed E-state index contributed by atoms with van der Waals surface area (Å²) in [6.45, 7) is 1.02. The number of hydrazine groups is 1. The summed E-state index contributed by atoms with van der Waals surface area (Å²) in [4.78, 5) is 18.0. The lowest BCUT2D eigenvalue weighted by Gasteiger charge is -2.17. The number of pyridine rings is 2. The van der Waals surface area contributed by atoms with Crippen molar-refractivity contribution < 1.29 is 0 Å². The molecule has 0 spiro atoms. The zero-order valence-electron chi connectivity index (χ0n) is 21.9. The number of aromatic nitrogens is 2. The molecular formula is C30H32Br2N8. The van der Waals surface area contributed by atoms with Gasteiger partial charge in [-0.1, -0.05) is 68.3 Å². The molecule has 2 heterocycles. The number of benzene rings is 2. The molecule has 6 N–H and O–H groups in total. The van der Waals surface area contributed by atoms with E-state index in [9.17, 15) is 0 Å². The molecule has 0 saturated heterocycles. The van der Waals surface area contributed by atoms with Crippen LogP contribution in [0.1, 0.15) is 47.2 Å². The Kier molecular flexibility index (Phi) is 11.1. The summed E-state index contributed by atoms with van der Waals surface area (Å²) in [5.74, 6) is 0.663. The average Bonchev–Trinajstić information content (AvgIpc) is 2.99. The summed E-state index contributed by atoms with van der Waals surface area (Å²) in [7, 11) is 0. The van der Waals surface area contributed by atoms with Gasteiger partial charge >= 0.3 is 0 Å². The maximum atomic E-state index is 6.08. The van der Waals surface area contributed by atoms with Gasteiger partial charge in [-0.2, -0.15) is 0 Å². The van der Waals surface area contributed by atoms with Gasteiger partial charge in [0.05, 0.1) is 0 Å². The lowest BCUT2D eigenvalue weighted by Crippen LogP contribution is -2.48. The second kappa shape index (κ2) is 15.1. The van der Waals surface area contributed by atoms with E-state index in [0.717, 1.165) is 33.2 Å².